The van der Waals surface area contributed by atoms with Crippen molar-refractivity contribution in [3.8, 4) is 22.3 Å². The van der Waals surface area contributed by atoms with Gasteiger partial charge in [-0.2, -0.15) is 0 Å². The lowest BCUT2D eigenvalue weighted by molar-refractivity contribution is 0.773. The van der Waals surface area contributed by atoms with Crippen LogP contribution in [0.1, 0.15) is 22.3 Å². The molecule has 2 aliphatic rings. The third-order valence-electron chi connectivity index (χ3n) is 12.2. The summed E-state index contributed by atoms with van der Waals surface area (Å²) < 4.78 is 0. The Balaban J connectivity index is 1.10. The second kappa shape index (κ2) is 11.0. The first-order chi connectivity index (χ1) is 26.8. The molecular weight excluding hydrogens is 651 g/mol. The fourth-order valence-corrected chi connectivity index (χ4v) is 10.1. The smallest absolute Gasteiger partial charge is 0.0725 e. The average molecular weight is 684 g/mol. The second-order valence-corrected chi connectivity index (χ2v) is 14.8. The van der Waals surface area contributed by atoms with Crippen LogP contribution in [0.4, 0.5) is 17.1 Å². The SMILES string of the molecule is c1ccc(N(c2ccc(C34c5ccccc5-c5ccc6cccc(c6c53)-c3ccccc34)cc2)c2ccc3c4ccccc4c4ccccc4c3c2)cc1. The van der Waals surface area contributed by atoms with E-state index in [1.54, 1.807) is 0 Å². The van der Waals surface area contributed by atoms with Gasteiger partial charge in [-0.05, 0) is 124 Å². The molecule has 1 unspecified atom stereocenters. The maximum atomic E-state index is 2.41. The molecular formula is C53H33N. The van der Waals surface area contributed by atoms with Gasteiger partial charge in [-0.25, -0.2) is 0 Å². The molecule has 1 nitrogen and oxygen atoms in total. The van der Waals surface area contributed by atoms with E-state index in [1.807, 2.05) is 0 Å². The van der Waals surface area contributed by atoms with Crippen LogP contribution in [0.25, 0.3) is 65.3 Å². The molecule has 250 valence electrons. The molecule has 12 rings (SSSR count). The lowest BCUT2D eigenvalue weighted by Crippen LogP contribution is -2.31. The Hall–Kier alpha value is -6.96. The molecule has 0 aliphatic heterocycles. The minimum atomic E-state index is -0.435. The van der Waals surface area contributed by atoms with E-state index in [9.17, 15) is 0 Å². The predicted molar refractivity (Wildman–Crippen MR) is 227 cm³/mol. The Labute approximate surface area is 314 Å². The average Bonchev–Trinajstić information content (AvgIpc) is 3.56. The minimum absolute atomic E-state index is 0.435. The number of benzene rings is 10. The van der Waals surface area contributed by atoms with Crippen molar-refractivity contribution in [1.82, 2.24) is 0 Å². The van der Waals surface area contributed by atoms with Gasteiger partial charge >= 0.3 is 0 Å². The maximum absolute atomic E-state index is 2.41. The van der Waals surface area contributed by atoms with Crippen LogP contribution < -0.4 is 4.90 Å². The molecule has 1 atom stereocenters. The first kappa shape index (κ1) is 29.6. The number of para-hydroxylation sites is 1. The summed E-state index contributed by atoms with van der Waals surface area (Å²) in [6.45, 7) is 0. The van der Waals surface area contributed by atoms with Gasteiger partial charge < -0.3 is 4.90 Å². The van der Waals surface area contributed by atoms with Crippen molar-refractivity contribution in [3.05, 3.63) is 222 Å². The Morgan fingerprint density at radius 2 is 0.833 bits per heavy atom. The number of hydrogen-bond acceptors (Lipinski definition) is 1. The maximum Gasteiger partial charge on any atom is 0.0725 e. The van der Waals surface area contributed by atoms with Crippen LogP contribution in [0.2, 0.25) is 0 Å². The van der Waals surface area contributed by atoms with Crippen LogP contribution in [0.3, 0.4) is 0 Å². The van der Waals surface area contributed by atoms with Gasteiger partial charge in [0.1, 0.15) is 0 Å². The zero-order chi connectivity index (χ0) is 35.4. The Morgan fingerprint density at radius 3 is 1.52 bits per heavy atom. The van der Waals surface area contributed by atoms with Crippen LogP contribution in [-0.2, 0) is 5.41 Å². The topological polar surface area (TPSA) is 3.24 Å². The molecule has 0 spiro atoms. The van der Waals surface area contributed by atoms with Crippen molar-refractivity contribution in [1.29, 1.82) is 0 Å². The molecule has 54 heavy (non-hydrogen) atoms. The van der Waals surface area contributed by atoms with Gasteiger partial charge in [-0.3, -0.25) is 0 Å². The highest BCUT2D eigenvalue weighted by molar-refractivity contribution is 6.25. The lowest BCUT2D eigenvalue weighted by atomic mass is 9.62. The van der Waals surface area contributed by atoms with Crippen molar-refractivity contribution in [3.63, 3.8) is 0 Å². The van der Waals surface area contributed by atoms with Crippen molar-refractivity contribution < 1.29 is 0 Å². The molecule has 2 aliphatic carbocycles. The van der Waals surface area contributed by atoms with E-state index in [4.69, 9.17) is 0 Å². The number of hydrogen-bond donors (Lipinski definition) is 0. The highest BCUT2D eigenvalue weighted by atomic mass is 15.1. The molecule has 0 fully saturated rings. The van der Waals surface area contributed by atoms with E-state index in [1.165, 1.54) is 87.6 Å². The van der Waals surface area contributed by atoms with Gasteiger partial charge in [-0.1, -0.05) is 164 Å². The first-order valence-electron chi connectivity index (χ1n) is 18.9. The number of fused-ring (bicyclic) bond motifs is 12. The minimum Gasteiger partial charge on any atom is -0.310 e. The van der Waals surface area contributed by atoms with Crippen LogP contribution in [-0.4, -0.2) is 0 Å². The normalized spacial score (nSPS) is 15.1. The lowest BCUT2D eigenvalue weighted by Gasteiger charge is -2.40. The van der Waals surface area contributed by atoms with E-state index in [0.717, 1.165) is 17.1 Å². The van der Waals surface area contributed by atoms with Crippen LogP contribution in [0, 0.1) is 0 Å². The van der Waals surface area contributed by atoms with Gasteiger partial charge in [0.2, 0.25) is 0 Å². The van der Waals surface area contributed by atoms with E-state index in [2.05, 4.69) is 205 Å². The zero-order valence-electron chi connectivity index (χ0n) is 29.5. The van der Waals surface area contributed by atoms with Crippen molar-refractivity contribution in [2.75, 3.05) is 4.90 Å². The largest absolute Gasteiger partial charge is 0.310 e. The predicted octanol–water partition coefficient (Wildman–Crippen LogP) is 14.1. The van der Waals surface area contributed by atoms with E-state index >= 15 is 0 Å². The molecule has 10 aromatic carbocycles. The van der Waals surface area contributed by atoms with Crippen molar-refractivity contribution in [2.45, 2.75) is 5.41 Å². The van der Waals surface area contributed by atoms with Gasteiger partial charge in [0, 0.05) is 17.1 Å². The number of rotatable bonds is 4. The van der Waals surface area contributed by atoms with E-state index in [-0.39, 0.29) is 0 Å². The van der Waals surface area contributed by atoms with Crippen molar-refractivity contribution in [2.24, 2.45) is 0 Å². The van der Waals surface area contributed by atoms with E-state index < -0.39 is 5.41 Å². The number of nitrogens with zero attached hydrogens (tertiary/aromatic N) is 1. The molecule has 0 heterocycles. The highest BCUT2D eigenvalue weighted by Gasteiger charge is 2.50. The summed E-state index contributed by atoms with van der Waals surface area (Å²) in [5.41, 5.74) is 13.7. The van der Waals surface area contributed by atoms with E-state index in [0.29, 0.717) is 0 Å². The molecule has 0 aromatic heterocycles. The number of anilines is 3. The summed E-state index contributed by atoms with van der Waals surface area (Å²) in [6, 6.07) is 74.5. The van der Waals surface area contributed by atoms with Crippen LogP contribution in [0.15, 0.2) is 200 Å². The Bertz CT molecular complexity index is 3120. The molecule has 0 saturated heterocycles. The Morgan fingerprint density at radius 1 is 0.315 bits per heavy atom. The van der Waals surface area contributed by atoms with Gasteiger partial charge in [0.25, 0.3) is 0 Å². The summed E-state index contributed by atoms with van der Waals surface area (Å²) in [5, 5.41) is 10.3. The summed E-state index contributed by atoms with van der Waals surface area (Å²) in [5.74, 6) is 0. The standard InChI is InChI=1S/C53H33N/c1-2-14-36(15-3-1)54(38-30-32-43-41-18-5-4-16-39(41)40-17-6-7-19-42(40)48(43)33-38)37-28-26-35(27-29-37)53-49-23-10-8-20-44(49)46-22-12-13-34-25-31-47(52(53)51(34)46)45-21-9-11-24-50(45)53/h1-33H. The fourth-order valence-electron chi connectivity index (χ4n) is 10.1. The molecule has 0 bridgehead atoms. The quantitative estimate of drug-likeness (QED) is 0.167. The fraction of sp³-hybridized carbons (Fsp3) is 0.0189. The molecule has 0 amide bonds. The molecule has 0 radical (unpaired) electrons. The zero-order valence-corrected chi connectivity index (χ0v) is 29.5. The van der Waals surface area contributed by atoms with Gasteiger partial charge in [-0.15, -0.1) is 0 Å². The summed E-state index contributed by atoms with van der Waals surface area (Å²) >= 11 is 0. The van der Waals surface area contributed by atoms with Crippen LogP contribution in [0.5, 0.6) is 0 Å². The Kier molecular flexibility index (Phi) is 6.04. The third-order valence-corrected chi connectivity index (χ3v) is 12.2. The van der Waals surface area contributed by atoms with Crippen LogP contribution >= 0.6 is 0 Å². The van der Waals surface area contributed by atoms with Gasteiger partial charge in [0.05, 0.1) is 5.41 Å². The van der Waals surface area contributed by atoms with Crippen molar-refractivity contribution >= 4 is 60.2 Å². The summed E-state index contributed by atoms with van der Waals surface area (Å²) in [4.78, 5) is 2.41. The summed E-state index contributed by atoms with van der Waals surface area (Å²) in [7, 11) is 0. The van der Waals surface area contributed by atoms with Gasteiger partial charge in [0.15, 0.2) is 0 Å². The molecule has 10 aromatic rings. The molecule has 0 N–H and O–H groups in total. The molecule has 0 saturated carbocycles. The summed E-state index contributed by atoms with van der Waals surface area (Å²) in [6.07, 6.45) is 0. The molecule has 1 heteroatoms. The first-order valence-corrected chi connectivity index (χ1v) is 18.9. The highest BCUT2D eigenvalue weighted by Crippen LogP contribution is 2.63. The monoisotopic (exact) mass is 683 g/mol. The third kappa shape index (κ3) is 3.83. The second-order valence-electron chi connectivity index (χ2n) is 14.8.